The molecule has 0 atom stereocenters. The Hall–Kier alpha value is -3.57. The van der Waals surface area contributed by atoms with Crippen LogP contribution in [0.15, 0.2) is 90.0 Å². The average molecular weight is 543 g/mol. The Bertz CT molecular complexity index is 1460. The molecule has 1 heterocycles. The molecule has 1 amide bonds. The second-order valence-corrected chi connectivity index (χ2v) is 10.4. The largest absolute Gasteiger partial charge is 0.383 e. The van der Waals surface area contributed by atoms with Crippen LogP contribution in [-0.2, 0) is 19.6 Å². The molecule has 0 spiro atoms. The van der Waals surface area contributed by atoms with Crippen LogP contribution in [0.1, 0.15) is 0 Å². The second kappa shape index (κ2) is 11.7. The predicted molar refractivity (Wildman–Crippen MR) is 140 cm³/mol. The van der Waals surface area contributed by atoms with Crippen LogP contribution in [0.2, 0.25) is 5.02 Å². The van der Waals surface area contributed by atoms with Crippen LogP contribution in [0.3, 0.4) is 0 Å². The van der Waals surface area contributed by atoms with Crippen molar-refractivity contribution < 1.29 is 22.3 Å². The maximum atomic E-state index is 13.5. The van der Waals surface area contributed by atoms with Crippen molar-refractivity contribution in [3.8, 4) is 16.9 Å². The number of methoxy groups -OCH3 is 1. The van der Waals surface area contributed by atoms with Gasteiger partial charge in [-0.1, -0.05) is 41.9 Å². The number of hydrogen-bond donors (Lipinski definition) is 1. The Kier molecular flexibility index (Phi) is 8.34. The van der Waals surface area contributed by atoms with E-state index in [-0.39, 0.29) is 24.0 Å². The molecule has 4 rings (SSSR count). The van der Waals surface area contributed by atoms with Crippen molar-refractivity contribution in [3.05, 3.63) is 95.9 Å². The lowest BCUT2D eigenvalue weighted by atomic mass is 10.2. The lowest BCUT2D eigenvalue weighted by Crippen LogP contribution is -2.40. The van der Waals surface area contributed by atoms with Gasteiger partial charge in [0, 0.05) is 36.1 Å². The van der Waals surface area contributed by atoms with E-state index in [2.05, 4.69) is 10.3 Å². The zero-order valence-electron chi connectivity index (χ0n) is 19.8. The molecule has 1 N–H and O–H groups in total. The molecular formula is C26H24ClFN4O4S. The number of halogens is 2. The fraction of sp³-hybridized carbons (Fsp3) is 0.154. The topological polar surface area (TPSA) is 93.5 Å². The monoisotopic (exact) mass is 542 g/mol. The number of aromatic nitrogens is 2. The molecule has 11 heteroatoms. The Morgan fingerprint density at radius 3 is 2.38 bits per heavy atom. The first-order chi connectivity index (χ1) is 17.8. The summed E-state index contributed by atoms with van der Waals surface area (Å²) in [5.74, 6) is -0.854. The molecule has 1 aromatic heterocycles. The molecule has 0 radical (unpaired) electrons. The van der Waals surface area contributed by atoms with E-state index in [0.717, 1.165) is 9.87 Å². The maximum absolute atomic E-state index is 13.5. The van der Waals surface area contributed by atoms with E-state index < -0.39 is 28.3 Å². The van der Waals surface area contributed by atoms with Crippen LogP contribution in [0, 0.1) is 5.82 Å². The van der Waals surface area contributed by atoms with Gasteiger partial charge >= 0.3 is 0 Å². The van der Waals surface area contributed by atoms with Crippen LogP contribution in [-0.4, -0.2) is 55.0 Å². The van der Waals surface area contributed by atoms with E-state index in [1.165, 1.54) is 43.5 Å². The lowest BCUT2D eigenvalue weighted by molar-refractivity contribution is -0.116. The van der Waals surface area contributed by atoms with Crippen molar-refractivity contribution in [1.82, 2.24) is 13.9 Å². The van der Waals surface area contributed by atoms with Crippen molar-refractivity contribution in [2.45, 2.75) is 4.90 Å². The fourth-order valence-corrected chi connectivity index (χ4v) is 5.08. The van der Waals surface area contributed by atoms with Crippen molar-refractivity contribution in [3.63, 3.8) is 0 Å². The fourth-order valence-electron chi connectivity index (χ4n) is 3.57. The molecule has 8 nitrogen and oxygen atoms in total. The molecule has 37 heavy (non-hydrogen) atoms. The number of nitrogens with zero attached hydrogens (tertiary/aromatic N) is 3. The van der Waals surface area contributed by atoms with Crippen molar-refractivity contribution in [2.24, 2.45) is 0 Å². The van der Waals surface area contributed by atoms with E-state index in [1.807, 2.05) is 30.3 Å². The quantitative estimate of drug-likeness (QED) is 0.316. The summed E-state index contributed by atoms with van der Waals surface area (Å²) < 4.78 is 47.7. The number of amides is 1. The van der Waals surface area contributed by atoms with E-state index in [4.69, 9.17) is 16.3 Å². The van der Waals surface area contributed by atoms with Gasteiger partial charge in [0.05, 0.1) is 23.7 Å². The maximum Gasteiger partial charge on any atom is 0.243 e. The molecule has 0 unspecified atom stereocenters. The van der Waals surface area contributed by atoms with Crippen LogP contribution < -0.4 is 5.32 Å². The first kappa shape index (κ1) is 26.5. The minimum Gasteiger partial charge on any atom is -0.383 e. The second-order valence-electron chi connectivity index (χ2n) is 8.00. The summed E-state index contributed by atoms with van der Waals surface area (Å²) in [6, 6.07) is 20.7. The highest BCUT2D eigenvalue weighted by atomic mass is 35.5. The first-order valence-electron chi connectivity index (χ1n) is 11.2. The number of benzene rings is 3. The molecule has 0 aliphatic carbocycles. The standard InChI is InChI=1S/C26H24ClFN4O4S/c1-36-16-15-31(37(34,35)23-13-7-20(27)8-14-23)18-25(33)30-26-29-24(19-5-3-2-4-6-19)17-32(26)22-11-9-21(28)10-12-22/h2-14,17H,15-16,18H2,1H3,(H,29,30,33). The highest BCUT2D eigenvalue weighted by molar-refractivity contribution is 7.89. The van der Waals surface area contributed by atoms with Crippen LogP contribution in [0.4, 0.5) is 10.3 Å². The minimum absolute atomic E-state index is 0.0000192. The van der Waals surface area contributed by atoms with Gasteiger partial charge in [0.25, 0.3) is 0 Å². The van der Waals surface area contributed by atoms with E-state index >= 15 is 0 Å². The van der Waals surface area contributed by atoms with Crippen molar-refractivity contribution in [1.29, 1.82) is 0 Å². The van der Waals surface area contributed by atoms with Gasteiger partial charge in [-0.15, -0.1) is 0 Å². The number of carbonyl (C=O) groups excluding carboxylic acids is 1. The van der Waals surface area contributed by atoms with E-state index in [9.17, 15) is 17.6 Å². The number of sulfonamides is 1. The van der Waals surface area contributed by atoms with Crippen LogP contribution in [0.5, 0.6) is 0 Å². The summed E-state index contributed by atoms with van der Waals surface area (Å²) in [5, 5.41) is 3.10. The number of carbonyl (C=O) groups is 1. The number of nitrogens with one attached hydrogen (secondary N) is 1. The van der Waals surface area contributed by atoms with Crippen molar-refractivity contribution in [2.75, 3.05) is 32.1 Å². The van der Waals surface area contributed by atoms with Gasteiger partial charge in [0.15, 0.2) is 0 Å². The van der Waals surface area contributed by atoms with E-state index in [0.29, 0.717) is 16.4 Å². The smallest absolute Gasteiger partial charge is 0.243 e. The van der Waals surface area contributed by atoms with Gasteiger partial charge in [0.1, 0.15) is 5.82 Å². The van der Waals surface area contributed by atoms with Gasteiger partial charge in [-0.05, 0) is 48.5 Å². The predicted octanol–water partition coefficient (Wildman–Crippen LogP) is 4.61. The molecule has 0 saturated carbocycles. The third-order valence-corrected chi connectivity index (χ3v) is 7.56. The Morgan fingerprint density at radius 1 is 1.05 bits per heavy atom. The van der Waals surface area contributed by atoms with Gasteiger partial charge in [-0.25, -0.2) is 17.8 Å². The third-order valence-electron chi connectivity index (χ3n) is 5.45. The zero-order valence-corrected chi connectivity index (χ0v) is 21.4. The molecular weight excluding hydrogens is 519 g/mol. The number of ether oxygens (including phenoxy) is 1. The molecule has 0 aliphatic rings. The molecule has 0 aliphatic heterocycles. The Morgan fingerprint density at radius 2 is 1.73 bits per heavy atom. The van der Waals surface area contributed by atoms with Gasteiger partial charge in [-0.2, -0.15) is 4.31 Å². The lowest BCUT2D eigenvalue weighted by Gasteiger charge is -2.21. The Balaban J connectivity index is 1.63. The highest BCUT2D eigenvalue weighted by Gasteiger charge is 2.27. The number of rotatable bonds is 10. The molecule has 4 aromatic rings. The SMILES string of the molecule is COCCN(CC(=O)Nc1nc(-c2ccccc2)cn1-c1ccc(F)cc1)S(=O)(=O)c1ccc(Cl)cc1. The number of anilines is 1. The van der Waals surface area contributed by atoms with Gasteiger partial charge in [-0.3, -0.25) is 14.7 Å². The average Bonchev–Trinajstić information content (AvgIpc) is 3.31. The van der Waals surface area contributed by atoms with Gasteiger partial charge in [0.2, 0.25) is 21.9 Å². The summed E-state index contributed by atoms with van der Waals surface area (Å²) in [7, 11) is -2.58. The van der Waals surface area contributed by atoms with Crippen LogP contribution in [0.25, 0.3) is 16.9 Å². The normalized spacial score (nSPS) is 11.6. The molecule has 0 fully saturated rings. The van der Waals surface area contributed by atoms with Crippen LogP contribution >= 0.6 is 11.6 Å². The third kappa shape index (κ3) is 6.41. The minimum atomic E-state index is -4.02. The number of hydrogen-bond acceptors (Lipinski definition) is 5. The van der Waals surface area contributed by atoms with Crippen molar-refractivity contribution >= 4 is 33.5 Å². The summed E-state index contributed by atoms with van der Waals surface area (Å²) in [4.78, 5) is 17.7. The summed E-state index contributed by atoms with van der Waals surface area (Å²) in [5.41, 5.74) is 1.95. The Labute approximate surface area is 219 Å². The summed E-state index contributed by atoms with van der Waals surface area (Å²) in [6.07, 6.45) is 1.71. The first-order valence-corrected chi connectivity index (χ1v) is 13.0. The number of imidazole rings is 1. The summed E-state index contributed by atoms with van der Waals surface area (Å²) in [6.45, 7) is -0.440. The highest BCUT2D eigenvalue weighted by Crippen LogP contribution is 2.25. The molecule has 0 saturated heterocycles. The molecule has 0 bridgehead atoms. The molecule has 3 aromatic carbocycles. The van der Waals surface area contributed by atoms with Gasteiger partial charge < -0.3 is 4.74 Å². The summed E-state index contributed by atoms with van der Waals surface area (Å²) >= 11 is 5.90. The zero-order chi connectivity index (χ0) is 26.4. The molecule has 192 valence electrons. The van der Waals surface area contributed by atoms with E-state index in [1.54, 1.807) is 22.9 Å².